The van der Waals surface area contributed by atoms with Gasteiger partial charge in [0.25, 0.3) is 0 Å². The highest BCUT2D eigenvalue weighted by Crippen LogP contribution is 2.41. The van der Waals surface area contributed by atoms with Crippen LogP contribution >= 0.6 is 0 Å². The van der Waals surface area contributed by atoms with Crippen LogP contribution in [0.2, 0.25) is 0 Å². The summed E-state index contributed by atoms with van der Waals surface area (Å²) in [5.41, 5.74) is 0.589. The van der Waals surface area contributed by atoms with Gasteiger partial charge in [-0.25, -0.2) is 0 Å². The number of hydrogen-bond donors (Lipinski definition) is 2. The third kappa shape index (κ3) is 7.03. The van der Waals surface area contributed by atoms with Gasteiger partial charge in [-0.15, -0.1) is 0 Å². The van der Waals surface area contributed by atoms with Crippen molar-refractivity contribution in [3.8, 4) is 0 Å². The summed E-state index contributed by atoms with van der Waals surface area (Å²) < 4.78 is 5.76. The van der Waals surface area contributed by atoms with E-state index < -0.39 is 6.29 Å². The first-order chi connectivity index (χ1) is 12.1. The van der Waals surface area contributed by atoms with Crippen LogP contribution in [0.4, 0.5) is 0 Å². The summed E-state index contributed by atoms with van der Waals surface area (Å²) >= 11 is 0. The number of rotatable bonds is 10. The molecule has 0 heterocycles. The quantitative estimate of drug-likeness (QED) is 0.322. The lowest BCUT2D eigenvalue weighted by Gasteiger charge is -2.38. The molecule has 0 aromatic rings. The van der Waals surface area contributed by atoms with Gasteiger partial charge in [-0.05, 0) is 68.3 Å². The van der Waals surface area contributed by atoms with Crippen LogP contribution in [0.15, 0.2) is 12.2 Å². The molecule has 0 radical (unpaired) electrons. The second kappa shape index (κ2) is 11.4. The highest BCUT2D eigenvalue weighted by atomic mass is 16.6. The van der Waals surface area contributed by atoms with Gasteiger partial charge in [0.05, 0.1) is 6.10 Å². The number of ether oxygens (including phenoxy) is 1. The lowest BCUT2D eigenvalue weighted by atomic mass is 9.70. The molecule has 2 aliphatic rings. The van der Waals surface area contributed by atoms with E-state index in [2.05, 4.69) is 13.5 Å². The smallest absolute Gasteiger partial charge is 0.177 e. The summed E-state index contributed by atoms with van der Waals surface area (Å²) in [6.07, 6.45) is 15.7. The second-order valence-corrected chi connectivity index (χ2v) is 8.43. The van der Waals surface area contributed by atoms with E-state index in [0.717, 1.165) is 30.6 Å². The van der Waals surface area contributed by atoms with Crippen LogP contribution in [-0.2, 0) is 4.74 Å². The molecule has 2 saturated carbocycles. The predicted molar refractivity (Wildman–Crippen MR) is 103 cm³/mol. The Hall–Kier alpha value is -0.380. The van der Waals surface area contributed by atoms with Crippen LogP contribution < -0.4 is 0 Å². The standard InChI is InChI=1S/C22H40O3/c1-3-4-5-6-18-7-9-19(10-8-18)20-11-13-21(14-12-20)25-22(24)17(2)15-16-23/h18-24H,2-16H2,1H3. The van der Waals surface area contributed by atoms with Crippen molar-refractivity contribution < 1.29 is 14.9 Å². The number of aliphatic hydroxyl groups excluding tert-OH is 2. The Morgan fingerprint density at radius 2 is 1.60 bits per heavy atom. The fraction of sp³-hybridized carbons (Fsp3) is 0.909. The van der Waals surface area contributed by atoms with Crippen molar-refractivity contribution in [2.75, 3.05) is 6.61 Å². The third-order valence-electron chi connectivity index (χ3n) is 6.60. The van der Waals surface area contributed by atoms with Crippen LogP contribution in [0.5, 0.6) is 0 Å². The van der Waals surface area contributed by atoms with E-state index in [0.29, 0.717) is 12.0 Å². The number of aliphatic hydroxyl groups is 2. The van der Waals surface area contributed by atoms with Crippen molar-refractivity contribution >= 4 is 0 Å². The SMILES string of the molecule is C=C(CCO)C(O)OC1CCC(C2CCC(CCCCC)CC2)CC1. The second-order valence-electron chi connectivity index (χ2n) is 8.43. The first-order valence-corrected chi connectivity index (χ1v) is 10.8. The van der Waals surface area contributed by atoms with Crippen LogP contribution in [0.3, 0.4) is 0 Å². The minimum Gasteiger partial charge on any atom is -0.396 e. The van der Waals surface area contributed by atoms with Gasteiger partial charge in [0.2, 0.25) is 0 Å². The molecule has 0 aromatic carbocycles. The molecule has 0 spiro atoms. The van der Waals surface area contributed by atoms with Gasteiger partial charge >= 0.3 is 0 Å². The Balaban J connectivity index is 1.63. The molecule has 2 aliphatic carbocycles. The molecule has 2 fully saturated rings. The van der Waals surface area contributed by atoms with Gasteiger partial charge in [0, 0.05) is 6.61 Å². The summed E-state index contributed by atoms with van der Waals surface area (Å²) in [4.78, 5) is 0. The summed E-state index contributed by atoms with van der Waals surface area (Å²) in [6, 6.07) is 0. The van der Waals surface area contributed by atoms with Gasteiger partial charge in [-0.3, -0.25) is 0 Å². The highest BCUT2D eigenvalue weighted by molar-refractivity contribution is 4.97. The molecule has 1 atom stereocenters. The average Bonchev–Trinajstić information content (AvgIpc) is 2.63. The molecule has 0 bridgehead atoms. The zero-order valence-electron chi connectivity index (χ0n) is 16.3. The molecule has 146 valence electrons. The molecule has 1 unspecified atom stereocenters. The van der Waals surface area contributed by atoms with E-state index in [1.807, 2.05) is 0 Å². The first-order valence-electron chi connectivity index (χ1n) is 10.8. The van der Waals surface area contributed by atoms with Crippen LogP contribution in [0, 0.1) is 17.8 Å². The van der Waals surface area contributed by atoms with Crippen molar-refractivity contribution in [3.63, 3.8) is 0 Å². The summed E-state index contributed by atoms with van der Waals surface area (Å²) in [5.74, 6) is 2.79. The van der Waals surface area contributed by atoms with E-state index in [4.69, 9.17) is 9.84 Å². The topological polar surface area (TPSA) is 49.7 Å². The van der Waals surface area contributed by atoms with Crippen LogP contribution in [0.25, 0.3) is 0 Å². The van der Waals surface area contributed by atoms with E-state index >= 15 is 0 Å². The van der Waals surface area contributed by atoms with Gasteiger partial charge in [0.1, 0.15) is 0 Å². The van der Waals surface area contributed by atoms with Crippen molar-refractivity contribution in [2.45, 2.75) is 103 Å². The molecule has 2 rings (SSSR count). The molecule has 0 aromatic heterocycles. The average molecular weight is 353 g/mol. The van der Waals surface area contributed by atoms with Crippen LogP contribution in [-0.4, -0.2) is 29.2 Å². The highest BCUT2D eigenvalue weighted by Gasteiger charge is 2.31. The lowest BCUT2D eigenvalue weighted by Crippen LogP contribution is -2.31. The molecule has 25 heavy (non-hydrogen) atoms. The predicted octanol–water partition coefficient (Wildman–Crippen LogP) is 5.21. The van der Waals surface area contributed by atoms with E-state index in [1.165, 1.54) is 64.2 Å². The third-order valence-corrected chi connectivity index (χ3v) is 6.60. The Morgan fingerprint density at radius 1 is 1.00 bits per heavy atom. The molecule has 0 aliphatic heterocycles. The summed E-state index contributed by atoms with van der Waals surface area (Å²) in [7, 11) is 0. The minimum absolute atomic E-state index is 0.0209. The number of unbranched alkanes of at least 4 members (excludes halogenated alkanes) is 2. The Labute approximate surface area is 154 Å². The van der Waals surface area contributed by atoms with Gasteiger partial charge < -0.3 is 14.9 Å². The Morgan fingerprint density at radius 3 is 2.16 bits per heavy atom. The maximum absolute atomic E-state index is 10.0. The van der Waals surface area contributed by atoms with E-state index in [-0.39, 0.29) is 12.7 Å². The molecule has 0 saturated heterocycles. The minimum atomic E-state index is -0.910. The van der Waals surface area contributed by atoms with E-state index in [1.54, 1.807) is 0 Å². The molecule has 3 heteroatoms. The summed E-state index contributed by atoms with van der Waals surface area (Å²) in [6.45, 7) is 6.11. The molecule has 0 amide bonds. The summed E-state index contributed by atoms with van der Waals surface area (Å²) in [5, 5.41) is 18.9. The van der Waals surface area contributed by atoms with Crippen molar-refractivity contribution in [2.24, 2.45) is 17.8 Å². The Kier molecular flexibility index (Phi) is 9.51. The first kappa shape index (κ1) is 20.9. The lowest BCUT2D eigenvalue weighted by molar-refractivity contribution is -0.127. The van der Waals surface area contributed by atoms with Gasteiger partial charge in [-0.1, -0.05) is 52.0 Å². The fourth-order valence-electron chi connectivity index (χ4n) is 4.87. The van der Waals surface area contributed by atoms with Crippen LogP contribution in [0.1, 0.15) is 90.4 Å². The zero-order chi connectivity index (χ0) is 18.1. The van der Waals surface area contributed by atoms with Crippen molar-refractivity contribution in [1.82, 2.24) is 0 Å². The van der Waals surface area contributed by atoms with Crippen molar-refractivity contribution in [1.29, 1.82) is 0 Å². The zero-order valence-corrected chi connectivity index (χ0v) is 16.3. The normalized spacial score (nSPS) is 31.6. The molecular formula is C22H40O3. The van der Waals surface area contributed by atoms with E-state index in [9.17, 15) is 5.11 Å². The van der Waals surface area contributed by atoms with Gasteiger partial charge in [0.15, 0.2) is 6.29 Å². The van der Waals surface area contributed by atoms with Crippen molar-refractivity contribution in [3.05, 3.63) is 12.2 Å². The Bertz CT molecular complexity index is 365. The van der Waals surface area contributed by atoms with Gasteiger partial charge in [-0.2, -0.15) is 0 Å². The monoisotopic (exact) mass is 352 g/mol. The fourth-order valence-corrected chi connectivity index (χ4v) is 4.87. The molecule has 3 nitrogen and oxygen atoms in total. The molecular weight excluding hydrogens is 312 g/mol. The molecule has 2 N–H and O–H groups in total. The maximum Gasteiger partial charge on any atom is 0.177 e. The number of hydrogen-bond acceptors (Lipinski definition) is 3. The maximum atomic E-state index is 10.0. The largest absolute Gasteiger partial charge is 0.396 e.